The van der Waals surface area contributed by atoms with Crippen LogP contribution >= 0.6 is 0 Å². The van der Waals surface area contributed by atoms with Gasteiger partial charge in [-0.05, 0) is 74.8 Å². The first-order valence-electron chi connectivity index (χ1n) is 14.1. The molecule has 2 aliphatic rings. The lowest BCUT2D eigenvalue weighted by molar-refractivity contribution is -0.151. The van der Waals surface area contributed by atoms with Gasteiger partial charge in [0.05, 0.1) is 25.7 Å². The zero-order valence-corrected chi connectivity index (χ0v) is 23.4. The van der Waals surface area contributed by atoms with Crippen molar-refractivity contribution in [3.05, 3.63) is 54.1 Å². The molecule has 2 aromatic carbocycles. The average molecular weight is 519 g/mol. The molecule has 0 saturated heterocycles. The highest BCUT2D eigenvalue weighted by atomic mass is 16.5. The molecule has 1 spiro atoms. The zero-order valence-electron chi connectivity index (χ0n) is 23.4. The number of carbonyl (C=O) groups is 2. The first-order chi connectivity index (χ1) is 18.3. The van der Waals surface area contributed by atoms with Crippen LogP contribution in [-0.2, 0) is 20.9 Å². The number of hydrogen-bond donors (Lipinski definition) is 0. The summed E-state index contributed by atoms with van der Waals surface area (Å²) >= 11 is 0. The van der Waals surface area contributed by atoms with Crippen LogP contribution in [0.25, 0.3) is 11.1 Å². The zero-order chi connectivity index (χ0) is 27.2. The van der Waals surface area contributed by atoms with Crippen molar-refractivity contribution in [2.45, 2.75) is 90.6 Å². The second-order valence-electron chi connectivity index (χ2n) is 11.3. The summed E-state index contributed by atoms with van der Waals surface area (Å²) in [6.45, 7) is 7.09. The molecule has 6 heteroatoms. The number of benzene rings is 2. The molecular formula is C32H42N2O4. The summed E-state index contributed by atoms with van der Waals surface area (Å²) in [5.41, 5.74) is 2.30. The number of ether oxygens (including phenoxy) is 2. The van der Waals surface area contributed by atoms with Gasteiger partial charge >= 0.3 is 5.97 Å². The molecule has 4 rings (SSSR count). The van der Waals surface area contributed by atoms with Crippen LogP contribution < -0.4 is 4.74 Å². The van der Waals surface area contributed by atoms with Crippen LogP contribution in [0.15, 0.2) is 53.5 Å². The van der Waals surface area contributed by atoms with E-state index in [0.717, 1.165) is 79.6 Å². The van der Waals surface area contributed by atoms with Crippen molar-refractivity contribution in [3.8, 4) is 16.9 Å². The third kappa shape index (κ3) is 6.28. The summed E-state index contributed by atoms with van der Waals surface area (Å²) < 4.78 is 10.9. The largest absolute Gasteiger partial charge is 0.494 e. The second kappa shape index (κ2) is 12.1. The Morgan fingerprint density at radius 3 is 2.47 bits per heavy atom. The van der Waals surface area contributed by atoms with Gasteiger partial charge < -0.3 is 9.47 Å². The Kier molecular flexibility index (Phi) is 8.91. The van der Waals surface area contributed by atoms with E-state index in [4.69, 9.17) is 14.5 Å². The molecule has 1 heterocycles. The molecule has 1 amide bonds. The van der Waals surface area contributed by atoms with E-state index < -0.39 is 11.0 Å². The van der Waals surface area contributed by atoms with Gasteiger partial charge in [0.1, 0.15) is 17.1 Å². The molecule has 2 aromatic rings. The average Bonchev–Trinajstić information content (AvgIpc) is 3.50. The van der Waals surface area contributed by atoms with Gasteiger partial charge in [-0.3, -0.25) is 19.5 Å². The second-order valence-corrected chi connectivity index (χ2v) is 11.3. The van der Waals surface area contributed by atoms with Crippen LogP contribution in [0, 0.1) is 5.41 Å². The number of hydrogen-bond acceptors (Lipinski definition) is 5. The summed E-state index contributed by atoms with van der Waals surface area (Å²) in [4.78, 5) is 32.2. The van der Waals surface area contributed by atoms with Crippen LogP contribution in [0.5, 0.6) is 5.75 Å². The Balaban J connectivity index is 1.37. The monoisotopic (exact) mass is 518 g/mol. The van der Waals surface area contributed by atoms with Crippen molar-refractivity contribution in [3.63, 3.8) is 0 Å². The molecule has 1 aliphatic carbocycles. The first-order valence-corrected chi connectivity index (χ1v) is 14.1. The molecule has 0 aromatic heterocycles. The maximum Gasteiger partial charge on any atom is 0.311 e. The van der Waals surface area contributed by atoms with E-state index in [9.17, 15) is 9.59 Å². The van der Waals surface area contributed by atoms with Gasteiger partial charge in [-0.25, -0.2) is 0 Å². The molecule has 6 nitrogen and oxygen atoms in total. The summed E-state index contributed by atoms with van der Waals surface area (Å²) in [7, 11) is 1.43. The van der Waals surface area contributed by atoms with Crippen LogP contribution in [0.2, 0.25) is 0 Å². The third-order valence-electron chi connectivity index (χ3n) is 7.90. The highest BCUT2D eigenvalue weighted by Gasteiger charge is 2.49. The van der Waals surface area contributed by atoms with Crippen molar-refractivity contribution < 1.29 is 19.1 Å². The number of amides is 1. The lowest BCUT2D eigenvalue weighted by Gasteiger charge is -2.23. The number of aliphatic imine (C=N–C) groups is 1. The Morgan fingerprint density at radius 1 is 1.05 bits per heavy atom. The number of methoxy groups -OCH3 is 1. The summed E-state index contributed by atoms with van der Waals surface area (Å²) in [6.07, 6.45) is 8.44. The first kappa shape index (κ1) is 27.9. The third-order valence-corrected chi connectivity index (χ3v) is 7.90. The van der Waals surface area contributed by atoms with Crippen molar-refractivity contribution in [2.24, 2.45) is 10.4 Å². The lowest BCUT2D eigenvalue weighted by atomic mass is 9.88. The van der Waals surface area contributed by atoms with Crippen LogP contribution in [0.4, 0.5) is 0 Å². The van der Waals surface area contributed by atoms with Gasteiger partial charge in [0.2, 0.25) is 0 Å². The maximum atomic E-state index is 13.4. The number of nitrogens with zero attached hydrogens (tertiary/aromatic N) is 2. The van der Waals surface area contributed by atoms with E-state index in [1.165, 1.54) is 7.11 Å². The van der Waals surface area contributed by atoms with E-state index in [2.05, 4.69) is 37.3 Å². The van der Waals surface area contributed by atoms with E-state index >= 15 is 0 Å². The minimum atomic E-state index is -0.512. The molecule has 0 unspecified atom stereocenters. The Labute approximate surface area is 227 Å². The van der Waals surface area contributed by atoms with Gasteiger partial charge in [0.15, 0.2) is 0 Å². The topological polar surface area (TPSA) is 68.2 Å². The molecule has 0 bridgehead atoms. The smallest absolute Gasteiger partial charge is 0.311 e. The van der Waals surface area contributed by atoms with Gasteiger partial charge in [0, 0.05) is 6.42 Å². The molecular weight excluding hydrogens is 476 g/mol. The Hall–Kier alpha value is -3.15. The summed E-state index contributed by atoms with van der Waals surface area (Å²) in [5.74, 6) is 1.79. The van der Waals surface area contributed by atoms with Gasteiger partial charge in [-0.15, -0.1) is 0 Å². The highest BCUT2D eigenvalue weighted by molar-refractivity contribution is 6.08. The number of esters is 1. The van der Waals surface area contributed by atoms with Crippen molar-refractivity contribution in [2.75, 3.05) is 13.7 Å². The molecule has 0 N–H and O–H groups in total. The summed E-state index contributed by atoms with van der Waals surface area (Å²) in [5, 5.41) is 0. The molecule has 0 radical (unpaired) electrons. The van der Waals surface area contributed by atoms with Gasteiger partial charge in [-0.2, -0.15) is 0 Å². The molecule has 0 atom stereocenters. The summed E-state index contributed by atoms with van der Waals surface area (Å²) in [6, 6.07) is 16.5. The fraction of sp³-hybridized carbons (Fsp3) is 0.531. The predicted molar refractivity (Wildman–Crippen MR) is 151 cm³/mol. The number of amidine groups is 1. The fourth-order valence-corrected chi connectivity index (χ4v) is 5.53. The Morgan fingerprint density at radius 2 is 1.79 bits per heavy atom. The van der Waals surface area contributed by atoms with Crippen LogP contribution in [0.1, 0.15) is 84.1 Å². The van der Waals surface area contributed by atoms with Crippen molar-refractivity contribution >= 4 is 17.7 Å². The SMILES string of the molecule is CCCCC1=NC2(CCCC2)C(=O)N1Cc1ccc(-c2cccc(OCCCC(C)(C)C(=O)OC)c2)cc1. The minimum absolute atomic E-state index is 0.195. The lowest BCUT2D eigenvalue weighted by Crippen LogP contribution is -2.40. The molecule has 204 valence electrons. The standard InChI is InChI=1S/C32H42N2O4/c1-5-6-13-28-33-32(19-7-8-20-32)29(35)34(28)23-24-14-16-25(17-15-24)26-11-9-12-27(22-26)38-21-10-18-31(2,3)30(36)37-4/h9,11-12,14-17,22H,5-8,10,13,18-21,23H2,1-4H3. The quantitative estimate of drug-likeness (QED) is 0.225. The Bertz CT molecular complexity index is 1150. The van der Waals surface area contributed by atoms with Gasteiger partial charge in [0.25, 0.3) is 5.91 Å². The molecule has 1 saturated carbocycles. The van der Waals surface area contributed by atoms with Crippen molar-refractivity contribution in [1.82, 2.24) is 4.90 Å². The molecule has 1 aliphatic heterocycles. The maximum absolute atomic E-state index is 13.4. The van der Waals surface area contributed by atoms with Crippen LogP contribution in [-0.4, -0.2) is 41.9 Å². The molecule has 1 fully saturated rings. The normalized spacial score (nSPS) is 16.7. The van der Waals surface area contributed by atoms with Crippen LogP contribution in [0.3, 0.4) is 0 Å². The number of carbonyl (C=O) groups excluding carboxylic acids is 2. The van der Waals surface area contributed by atoms with E-state index in [0.29, 0.717) is 19.6 Å². The fourth-order valence-electron chi connectivity index (χ4n) is 5.53. The highest BCUT2D eigenvalue weighted by Crippen LogP contribution is 2.40. The molecule has 38 heavy (non-hydrogen) atoms. The van der Waals surface area contributed by atoms with E-state index in [-0.39, 0.29) is 11.9 Å². The van der Waals surface area contributed by atoms with Gasteiger partial charge in [-0.1, -0.05) is 62.6 Å². The van der Waals surface area contributed by atoms with E-state index in [1.54, 1.807) is 0 Å². The number of unbranched alkanes of at least 4 members (excludes halogenated alkanes) is 1. The number of rotatable bonds is 12. The van der Waals surface area contributed by atoms with E-state index in [1.807, 2.05) is 36.9 Å². The minimum Gasteiger partial charge on any atom is -0.494 e. The van der Waals surface area contributed by atoms with Crippen molar-refractivity contribution in [1.29, 1.82) is 0 Å². The predicted octanol–water partition coefficient (Wildman–Crippen LogP) is 6.96.